The molecule has 3 N–H and O–H groups in total. The van der Waals surface area contributed by atoms with Crippen LogP contribution in [0.1, 0.15) is 52.9 Å². The van der Waals surface area contributed by atoms with Crippen molar-refractivity contribution in [2.75, 3.05) is 27.2 Å². The van der Waals surface area contributed by atoms with Gasteiger partial charge in [-0.25, -0.2) is 4.39 Å². The number of nitrogens with zero attached hydrogens (tertiary/aromatic N) is 2. The second kappa shape index (κ2) is 14.6. The Bertz CT molecular complexity index is 1240. The topological polar surface area (TPSA) is 79.9 Å². The Hall–Kier alpha value is -3.23. The van der Waals surface area contributed by atoms with Crippen LogP contribution in [0.25, 0.3) is 0 Å². The molecule has 0 aliphatic carbocycles. The Labute approximate surface area is 233 Å². The Morgan fingerprint density at radius 2 is 1.87 bits per heavy atom. The number of amides is 1. The predicted octanol–water partition coefficient (Wildman–Crippen LogP) is 5.90. The Kier molecular flexibility index (Phi) is 11.3. The van der Waals surface area contributed by atoms with E-state index >= 15 is 0 Å². The molecule has 0 aliphatic heterocycles. The lowest BCUT2D eigenvalue weighted by atomic mass is 9.98. The molecular weight excluding hydrogens is 547 g/mol. The van der Waals surface area contributed by atoms with Gasteiger partial charge in [0.25, 0.3) is 5.91 Å². The maximum Gasteiger partial charge on any atom is 0.258 e. The van der Waals surface area contributed by atoms with Gasteiger partial charge in [0.2, 0.25) is 0 Å². The molecule has 202 valence electrons. The van der Waals surface area contributed by atoms with Gasteiger partial charge in [0, 0.05) is 28.2 Å². The number of aryl methyl sites for hydroxylation is 1. The number of aliphatic imine (C=N–C) groups is 1. The first-order valence-electron chi connectivity index (χ1n) is 12.8. The van der Waals surface area contributed by atoms with E-state index in [4.69, 9.17) is 10.5 Å². The molecule has 0 bridgehead atoms. The molecule has 0 saturated carbocycles. The fraction of sp³-hybridized carbons (Fsp3) is 0.333. The summed E-state index contributed by atoms with van der Waals surface area (Å²) in [7, 11) is 3.71. The number of halogens is 2. The van der Waals surface area contributed by atoms with Gasteiger partial charge in [-0.15, -0.1) is 0 Å². The van der Waals surface area contributed by atoms with Gasteiger partial charge in [0.15, 0.2) is 5.96 Å². The van der Waals surface area contributed by atoms with Crippen molar-refractivity contribution in [1.82, 2.24) is 10.2 Å². The van der Waals surface area contributed by atoms with Crippen LogP contribution in [0.2, 0.25) is 0 Å². The van der Waals surface area contributed by atoms with E-state index in [0.29, 0.717) is 36.7 Å². The third kappa shape index (κ3) is 8.39. The first-order chi connectivity index (χ1) is 18.3. The molecule has 3 rings (SSSR count). The molecule has 0 spiro atoms. The Morgan fingerprint density at radius 3 is 2.61 bits per heavy atom. The highest BCUT2D eigenvalue weighted by atomic mass is 79.9. The molecule has 0 saturated heterocycles. The van der Waals surface area contributed by atoms with Gasteiger partial charge in [-0.1, -0.05) is 52.3 Å². The molecular formula is C30H36BrFN4O2. The van der Waals surface area contributed by atoms with Gasteiger partial charge < -0.3 is 10.5 Å². The second-order valence-corrected chi connectivity index (χ2v) is 10.1. The molecule has 0 fully saturated rings. The molecule has 3 aromatic rings. The van der Waals surface area contributed by atoms with Crippen molar-refractivity contribution in [2.24, 2.45) is 10.7 Å². The molecule has 0 aliphatic rings. The summed E-state index contributed by atoms with van der Waals surface area (Å²) in [4.78, 5) is 19.5. The molecule has 0 aromatic heterocycles. The van der Waals surface area contributed by atoms with Crippen LogP contribution >= 0.6 is 15.9 Å². The van der Waals surface area contributed by atoms with Gasteiger partial charge >= 0.3 is 0 Å². The number of ether oxygens (including phenoxy) is 1. The van der Waals surface area contributed by atoms with Gasteiger partial charge in [0.1, 0.15) is 11.6 Å². The van der Waals surface area contributed by atoms with Crippen molar-refractivity contribution in [3.63, 3.8) is 0 Å². The van der Waals surface area contributed by atoms with E-state index in [1.807, 2.05) is 24.3 Å². The van der Waals surface area contributed by atoms with E-state index in [2.05, 4.69) is 69.4 Å². The first kappa shape index (κ1) is 29.3. The maximum absolute atomic E-state index is 14.7. The number of unbranched alkanes of at least 4 members (excludes halogenated alkanes) is 1. The van der Waals surface area contributed by atoms with Crippen molar-refractivity contribution in [3.05, 3.63) is 99.3 Å². The predicted molar refractivity (Wildman–Crippen MR) is 155 cm³/mol. The molecule has 0 radical (unpaired) electrons. The molecule has 0 heterocycles. The number of guanidine groups is 1. The second-order valence-electron chi connectivity index (χ2n) is 9.22. The van der Waals surface area contributed by atoms with E-state index in [-0.39, 0.29) is 11.5 Å². The number of carbonyl (C=O) groups excluding carboxylic acids is 1. The van der Waals surface area contributed by atoms with E-state index in [1.54, 1.807) is 13.2 Å². The third-order valence-corrected chi connectivity index (χ3v) is 7.13. The summed E-state index contributed by atoms with van der Waals surface area (Å²) in [6, 6.07) is 20.9. The van der Waals surface area contributed by atoms with Crippen molar-refractivity contribution in [3.8, 4) is 5.75 Å². The number of nitrogens with two attached hydrogens (primary N) is 1. The van der Waals surface area contributed by atoms with Crippen LogP contribution in [-0.2, 0) is 12.8 Å². The highest BCUT2D eigenvalue weighted by Gasteiger charge is 2.17. The summed E-state index contributed by atoms with van der Waals surface area (Å²) < 4.78 is 21.1. The summed E-state index contributed by atoms with van der Waals surface area (Å²) in [5, 5.41) is 2.61. The molecule has 8 heteroatoms. The summed E-state index contributed by atoms with van der Waals surface area (Å²) in [6.07, 6.45) is 2.62. The van der Waals surface area contributed by atoms with Crippen molar-refractivity contribution in [2.45, 2.75) is 38.6 Å². The van der Waals surface area contributed by atoms with Crippen LogP contribution in [0.5, 0.6) is 5.75 Å². The SMILES string of the molecule is COc1ccc(Br)cc1CCc1c(F)cccc1C(=O)NC(N)=NCCCCN(C)[C@@H](C)c1ccccc1. The van der Waals surface area contributed by atoms with Crippen LogP contribution in [0.4, 0.5) is 4.39 Å². The van der Waals surface area contributed by atoms with Gasteiger partial charge in [-0.05, 0) is 87.7 Å². The average Bonchev–Trinajstić information content (AvgIpc) is 2.92. The number of methoxy groups -OCH3 is 1. The number of carbonyl (C=O) groups is 1. The van der Waals surface area contributed by atoms with Gasteiger partial charge in [0.05, 0.1) is 7.11 Å². The van der Waals surface area contributed by atoms with Crippen LogP contribution in [0.3, 0.4) is 0 Å². The first-order valence-corrected chi connectivity index (χ1v) is 13.6. The summed E-state index contributed by atoms with van der Waals surface area (Å²) in [6.45, 7) is 3.61. The van der Waals surface area contributed by atoms with E-state index < -0.39 is 11.7 Å². The lowest BCUT2D eigenvalue weighted by molar-refractivity contribution is 0.0975. The minimum Gasteiger partial charge on any atom is -0.496 e. The average molecular weight is 584 g/mol. The Balaban J connectivity index is 1.52. The summed E-state index contributed by atoms with van der Waals surface area (Å²) in [5.41, 5.74) is 8.75. The highest BCUT2D eigenvalue weighted by molar-refractivity contribution is 9.10. The number of hydrogen-bond acceptors (Lipinski definition) is 4. The number of rotatable bonds is 12. The molecule has 1 atom stereocenters. The minimum absolute atomic E-state index is 0.0323. The number of nitrogens with one attached hydrogen (secondary N) is 1. The quantitative estimate of drug-likeness (QED) is 0.158. The minimum atomic E-state index is -0.474. The lowest BCUT2D eigenvalue weighted by Crippen LogP contribution is -2.37. The Morgan fingerprint density at radius 1 is 1.11 bits per heavy atom. The highest BCUT2D eigenvalue weighted by Crippen LogP contribution is 2.26. The van der Waals surface area contributed by atoms with Crippen molar-refractivity contribution in [1.29, 1.82) is 0 Å². The van der Waals surface area contributed by atoms with Crippen molar-refractivity contribution >= 4 is 27.8 Å². The summed E-state index contributed by atoms with van der Waals surface area (Å²) >= 11 is 3.46. The number of hydrogen-bond donors (Lipinski definition) is 2. The summed E-state index contributed by atoms with van der Waals surface area (Å²) in [5.74, 6) is -0.160. The molecule has 0 unspecified atom stereocenters. The zero-order valence-electron chi connectivity index (χ0n) is 22.2. The number of benzene rings is 3. The largest absolute Gasteiger partial charge is 0.496 e. The van der Waals surface area contributed by atoms with Crippen LogP contribution in [0, 0.1) is 5.82 Å². The fourth-order valence-electron chi connectivity index (χ4n) is 4.30. The monoisotopic (exact) mass is 582 g/mol. The van der Waals surface area contributed by atoms with E-state index in [9.17, 15) is 9.18 Å². The smallest absolute Gasteiger partial charge is 0.258 e. The van der Waals surface area contributed by atoms with Gasteiger partial charge in [-0.2, -0.15) is 0 Å². The zero-order valence-corrected chi connectivity index (χ0v) is 23.8. The van der Waals surface area contributed by atoms with E-state index in [1.165, 1.54) is 17.7 Å². The van der Waals surface area contributed by atoms with Gasteiger partial charge in [-0.3, -0.25) is 20.0 Å². The normalized spacial score (nSPS) is 12.4. The van der Waals surface area contributed by atoms with Crippen LogP contribution in [-0.4, -0.2) is 44.0 Å². The molecule has 6 nitrogen and oxygen atoms in total. The lowest BCUT2D eigenvalue weighted by Gasteiger charge is -2.24. The zero-order chi connectivity index (χ0) is 27.5. The van der Waals surface area contributed by atoms with Crippen LogP contribution < -0.4 is 15.8 Å². The molecule has 3 aromatic carbocycles. The van der Waals surface area contributed by atoms with E-state index in [0.717, 1.165) is 29.4 Å². The molecule has 1 amide bonds. The van der Waals surface area contributed by atoms with Crippen molar-refractivity contribution < 1.29 is 13.9 Å². The maximum atomic E-state index is 14.7. The third-order valence-electron chi connectivity index (χ3n) is 6.64. The molecule has 38 heavy (non-hydrogen) atoms. The fourth-order valence-corrected chi connectivity index (χ4v) is 4.71. The van der Waals surface area contributed by atoms with Crippen LogP contribution in [0.15, 0.2) is 76.2 Å². The standard InChI is InChI=1S/C30H36BrFN4O2/c1-21(22-10-5-4-6-11-22)36(2)19-8-7-18-34-30(33)35-29(37)26-12-9-13-27(32)25(26)16-14-23-20-24(31)15-17-28(23)38-3/h4-6,9-13,15,17,20-21H,7-8,14,16,18-19H2,1-3H3,(H3,33,34,35,37)/t21-/m0/s1.